The Labute approximate surface area is 84.6 Å². The molecule has 0 aromatic carbocycles. The second kappa shape index (κ2) is 6.06. The topological polar surface area (TPSA) is 39.8 Å². The van der Waals surface area contributed by atoms with Crippen molar-refractivity contribution in [3.05, 3.63) is 24.5 Å². The maximum Gasteiger partial charge on any atom is 0.309 e. The quantitative estimate of drug-likeness (QED) is 0.433. The van der Waals surface area contributed by atoms with Gasteiger partial charge in [-0.15, -0.1) is 0 Å². The summed E-state index contributed by atoms with van der Waals surface area (Å²) in [6.07, 6.45) is 6.97. The molecule has 0 saturated carbocycles. The molecule has 1 aromatic heterocycles. The Kier molecular flexibility index (Phi) is 4.59. The van der Waals surface area contributed by atoms with E-state index in [4.69, 9.17) is 5.41 Å². The van der Waals surface area contributed by atoms with Crippen LogP contribution in [0.1, 0.15) is 26.2 Å². The molecule has 0 spiro atoms. The Morgan fingerprint density at radius 1 is 1.50 bits per heavy atom. The van der Waals surface area contributed by atoms with Crippen LogP contribution in [0.25, 0.3) is 0 Å². The van der Waals surface area contributed by atoms with E-state index in [1.54, 1.807) is 17.0 Å². The molecule has 1 heterocycles. The van der Waals surface area contributed by atoms with Crippen molar-refractivity contribution in [2.24, 2.45) is 0 Å². The maximum absolute atomic E-state index is 7.18. The summed E-state index contributed by atoms with van der Waals surface area (Å²) in [5, 5.41) is 7.18. The van der Waals surface area contributed by atoms with Gasteiger partial charge in [-0.1, -0.05) is 18.8 Å². The van der Waals surface area contributed by atoms with Crippen molar-refractivity contribution in [3.63, 3.8) is 0 Å². The van der Waals surface area contributed by atoms with Gasteiger partial charge in [-0.3, -0.25) is 4.98 Å². The zero-order valence-corrected chi connectivity index (χ0v) is 8.53. The molecule has 0 aliphatic carbocycles. The van der Waals surface area contributed by atoms with Gasteiger partial charge < -0.3 is 0 Å². The van der Waals surface area contributed by atoms with E-state index in [1.807, 2.05) is 12.1 Å². The van der Waals surface area contributed by atoms with E-state index in [1.165, 1.54) is 12.8 Å². The summed E-state index contributed by atoms with van der Waals surface area (Å²) in [4.78, 5) is 4.02. The highest BCUT2D eigenvalue weighted by Gasteiger charge is 2.02. The third kappa shape index (κ3) is 3.11. The van der Waals surface area contributed by atoms with E-state index in [-0.39, 0.29) is 0 Å². The van der Waals surface area contributed by atoms with Crippen molar-refractivity contribution in [1.82, 2.24) is 4.98 Å². The predicted octanol–water partition coefficient (Wildman–Crippen LogP) is 2.67. The zero-order chi connectivity index (χ0) is 10.2. The van der Waals surface area contributed by atoms with Crippen LogP contribution in [0, 0.1) is 5.41 Å². The van der Waals surface area contributed by atoms with Crippen LogP contribution in [-0.4, -0.2) is 22.1 Å². The van der Waals surface area contributed by atoms with E-state index in [2.05, 4.69) is 17.9 Å². The van der Waals surface area contributed by atoms with Gasteiger partial charge >= 0.3 is 6.01 Å². The van der Waals surface area contributed by atoms with Gasteiger partial charge in [-0.05, 0) is 25.0 Å². The highest BCUT2D eigenvalue weighted by molar-refractivity contribution is 5.35. The zero-order valence-electron chi connectivity index (χ0n) is 8.53. The van der Waals surface area contributed by atoms with Crippen LogP contribution in [0.3, 0.4) is 0 Å². The van der Waals surface area contributed by atoms with Crippen molar-refractivity contribution in [3.8, 4) is 0 Å². The molecule has 3 nitrogen and oxygen atoms in total. The fourth-order valence-electron chi connectivity index (χ4n) is 1.28. The molecule has 3 heteroatoms. The molecule has 0 fully saturated rings. The minimum atomic E-state index is 0.850. The van der Waals surface area contributed by atoms with E-state index in [9.17, 15) is 0 Å². The Bertz CT molecular complexity index is 313. The third-order valence-corrected chi connectivity index (χ3v) is 2.08. The summed E-state index contributed by atoms with van der Waals surface area (Å²) < 4.78 is 1.79. The van der Waals surface area contributed by atoms with E-state index in [0.717, 1.165) is 18.7 Å². The van der Waals surface area contributed by atoms with Crippen molar-refractivity contribution >= 4 is 11.7 Å². The van der Waals surface area contributed by atoms with Gasteiger partial charge in [0.25, 0.3) is 0 Å². The molecule has 0 aliphatic rings. The Morgan fingerprint density at radius 3 is 2.93 bits per heavy atom. The highest BCUT2D eigenvalue weighted by Crippen LogP contribution is 2.08. The third-order valence-electron chi connectivity index (χ3n) is 2.08. The number of hydrogen-bond donors (Lipinski definition) is 1. The first-order valence-electron chi connectivity index (χ1n) is 4.98. The number of rotatable bonds is 5. The van der Waals surface area contributed by atoms with Gasteiger partial charge in [0.2, 0.25) is 0 Å². The standard InChI is InChI=1S/C11H16N3/c1-2-3-4-8-14(10-12)11-6-5-7-13-9-11/h5-7,9,12H,2-4,8H2,1H3/q+1. The number of aromatic nitrogens is 1. The van der Waals surface area contributed by atoms with E-state index >= 15 is 0 Å². The summed E-state index contributed by atoms with van der Waals surface area (Å²) in [6, 6.07) is 6.24. The molecular weight excluding hydrogens is 174 g/mol. The SMILES string of the molecule is CCCCC[N+](=C=N)c1cccnc1. The largest absolute Gasteiger partial charge is 0.309 e. The average molecular weight is 190 g/mol. The van der Waals surface area contributed by atoms with Crippen LogP contribution >= 0.6 is 0 Å². The number of nitrogens with zero attached hydrogens (tertiary/aromatic N) is 2. The second-order valence-corrected chi connectivity index (χ2v) is 3.18. The molecule has 1 rings (SSSR count). The Morgan fingerprint density at radius 2 is 2.36 bits per heavy atom. The van der Waals surface area contributed by atoms with Crippen molar-refractivity contribution < 1.29 is 4.58 Å². The van der Waals surface area contributed by atoms with Crippen molar-refractivity contribution in [2.75, 3.05) is 6.54 Å². The van der Waals surface area contributed by atoms with Gasteiger partial charge in [0, 0.05) is 6.20 Å². The molecule has 0 saturated heterocycles. The van der Waals surface area contributed by atoms with Crippen LogP contribution < -0.4 is 0 Å². The molecule has 0 aliphatic heterocycles. The molecule has 0 bridgehead atoms. The Hall–Kier alpha value is -1.47. The second-order valence-electron chi connectivity index (χ2n) is 3.18. The number of pyridine rings is 1. The molecule has 74 valence electrons. The lowest BCUT2D eigenvalue weighted by molar-refractivity contribution is -0.435. The van der Waals surface area contributed by atoms with Crippen molar-refractivity contribution in [2.45, 2.75) is 26.2 Å². The first kappa shape index (κ1) is 10.6. The molecule has 0 unspecified atom stereocenters. The fourth-order valence-corrected chi connectivity index (χ4v) is 1.28. The van der Waals surface area contributed by atoms with Crippen molar-refractivity contribution in [1.29, 1.82) is 5.41 Å². The summed E-state index contributed by atoms with van der Waals surface area (Å²) in [5.74, 6) is 0. The normalized spacial score (nSPS) is 9.50. The molecule has 14 heavy (non-hydrogen) atoms. The van der Waals surface area contributed by atoms with E-state index < -0.39 is 0 Å². The summed E-state index contributed by atoms with van der Waals surface area (Å²) in [5.41, 5.74) is 0.943. The molecular formula is C11H16N3+. The lowest BCUT2D eigenvalue weighted by Crippen LogP contribution is -2.06. The summed E-state index contributed by atoms with van der Waals surface area (Å²) in [6.45, 7) is 3.02. The van der Waals surface area contributed by atoms with Crippen LogP contribution in [0.2, 0.25) is 0 Å². The molecule has 0 atom stereocenters. The summed E-state index contributed by atoms with van der Waals surface area (Å²) >= 11 is 0. The average Bonchev–Trinajstić information content (AvgIpc) is 2.26. The van der Waals surface area contributed by atoms with Gasteiger partial charge in [0.15, 0.2) is 5.69 Å². The van der Waals surface area contributed by atoms with Gasteiger partial charge in [-0.2, -0.15) is 4.58 Å². The minimum absolute atomic E-state index is 0.850. The van der Waals surface area contributed by atoms with Crippen LogP contribution in [0.15, 0.2) is 24.5 Å². The molecule has 0 radical (unpaired) electrons. The fraction of sp³-hybridized carbons (Fsp3) is 0.455. The Balaban J connectivity index is 2.61. The lowest BCUT2D eigenvalue weighted by Gasteiger charge is -2.01. The molecule has 1 N–H and O–H groups in total. The smallest absolute Gasteiger partial charge is 0.260 e. The first-order valence-corrected chi connectivity index (χ1v) is 4.98. The molecule has 0 amide bonds. The lowest BCUT2D eigenvalue weighted by atomic mass is 10.2. The minimum Gasteiger partial charge on any atom is -0.260 e. The number of hydrogen-bond acceptors (Lipinski definition) is 2. The van der Waals surface area contributed by atoms with E-state index in [0.29, 0.717) is 0 Å². The first-order chi connectivity index (χ1) is 6.88. The monoisotopic (exact) mass is 190 g/mol. The van der Waals surface area contributed by atoms with Gasteiger partial charge in [-0.25, -0.2) is 0 Å². The number of unbranched alkanes of at least 4 members (excludes halogenated alkanes) is 2. The maximum atomic E-state index is 7.18. The highest BCUT2D eigenvalue weighted by atomic mass is 15.0. The van der Waals surface area contributed by atoms with Crippen LogP contribution in [-0.2, 0) is 0 Å². The van der Waals surface area contributed by atoms with Crippen LogP contribution in [0.4, 0.5) is 5.69 Å². The number of nitrogens with one attached hydrogen (secondary N) is 1. The van der Waals surface area contributed by atoms with Gasteiger partial charge in [0.1, 0.15) is 0 Å². The summed E-state index contributed by atoms with van der Waals surface area (Å²) in [7, 11) is 0. The van der Waals surface area contributed by atoms with Crippen LogP contribution in [0.5, 0.6) is 0 Å². The predicted molar refractivity (Wildman–Crippen MR) is 56.3 cm³/mol. The molecule has 1 aromatic rings. The van der Waals surface area contributed by atoms with Gasteiger partial charge in [0.05, 0.1) is 12.7 Å².